The summed E-state index contributed by atoms with van der Waals surface area (Å²) in [6.07, 6.45) is 4.02. The Hall–Kier alpha value is -3.42. The molecule has 0 saturated heterocycles. The van der Waals surface area contributed by atoms with E-state index in [1.165, 1.54) is 22.3 Å². The molecule has 1 atom stereocenters. The van der Waals surface area contributed by atoms with Gasteiger partial charge in [0.25, 0.3) is 0 Å². The van der Waals surface area contributed by atoms with Crippen LogP contribution in [0.15, 0.2) is 134 Å². The summed E-state index contributed by atoms with van der Waals surface area (Å²) in [6, 6.07) is 43.0. The fourth-order valence-electron chi connectivity index (χ4n) is 4.31. The van der Waals surface area contributed by atoms with Crippen molar-refractivity contribution in [2.45, 2.75) is 24.4 Å². The topological polar surface area (TPSA) is 12.0 Å². The summed E-state index contributed by atoms with van der Waals surface area (Å²) in [5.74, 6) is 0. The second kappa shape index (κ2) is 10.1. The average molecular weight is 404 g/mol. The van der Waals surface area contributed by atoms with Crippen molar-refractivity contribution >= 4 is 0 Å². The van der Waals surface area contributed by atoms with E-state index in [2.05, 4.69) is 133 Å². The molecule has 0 unspecified atom stereocenters. The summed E-state index contributed by atoms with van der Waals surface area (Å²) in [5.41, 5.74) is 4.54. The zero-order valence-electron chi connectivity index (χ0n) is 17.8. The van der Waals surface area contributed by atoms with Crippen LogP contribution in [0.3, 0.4) is 0 Å². The Balaban J connectivity index is 1.78. The SMILES string of the molecule is C=C[C@H](CCc1ccccc1)NC(c1ccccc1)(c1ccccc1)c1ccccc1. The fourth-order valence-corrected chi connectivity index (χ4v) is 4.31. The Labute approximate surface area is 186 Å². The second-order valence-corrected chi connectivity index (χ2v) is 7.86. The maximum Gasteiger partial charge on any atom is 0.0952 e. The summed E-state index contributed by atoms with van der Waals surface area (Å²) < 4.78 is 0. The van der Waals surface area contributed by atoms with Gasteiger partial charge < -0.3 is 0 Å². The zero-order chi connectivity index (χ0) is 21.4. The van der Waals surface area contributed by atoms with Gasteiger partial charge in [-0.05, 0) is 35.1 Å². The molecular formula is C30H29N. The van der Waals surface area contributed by atoms with E-state index in [4.69, 9.17) is 0 Å². The smallest absolute Gasteiger partial charge is 0.0952 e. The maximum absolute atomic E-state index is 4.18. The van der Waals surface area contributed by atoms with Crippen molar-refractivity contribution in [3.63, 3.8) is 0 Å². The van der Waals surface area contributed by atoms with Crippen molar-refractivity contribution in [1.29, 1.82) is 0 Å². The van der Waals surface area contributed by atoms with Crippen LogP contribution < -0.4 is 5.32 Å². The number of nitrogens with one attached hydrogen (secondary N) is 1. The van der Waals surface area contributed by atoms with Crippen LogP contribution in [-0.4, -0.2) is 6.04 Å². The van der Waals surface area contributed by atoms with Gasteiger partial charge in [-0.2, -0.15) is 0 Å². The van der Waals surface area contributed by atoms with Crippen molar-refractivity contribution < 1.29 is 0 Å². The van der Waals surface area contributed by atoms with Gasteiger partial charge in [0.15, 0.2) is 0 Å². The van der Waals surface area contributed by atoms with Crippen LogP contribution in [0.1, 0.15) is 28.7 Å². The lowest BCUT2D eigenvalue weighted by Crippen LogP contribution is -2.49. The average Bonchev–Trinajstić information content (AvgIpc) is 2.87. The number of hydrogen-bond donors (Lipinski definition) is 1. The molecule has 0 fully saturated rings. The maximum atomic E-state index is 4.18. The third kappa shape index (κ3) is 4.68. The third-order valence-corrected chi connectivity index (χ3v) is 5.89. The molecule has 4 aromatic carbocycles. The van der Waals surface area contributed by atoms with Gasteiger partial charge in [-0.1, -0.05) is 127 Å². The Morgan fingerprint density at radius 1 is 0.613 bits per heavy atom. The lowest BCUT2D eigenvalue weighted by molar-refractivity contribution is 0.415. The van der Waals surface area contributed by atoms with Crippen LogP contribution in [0.2, 0.25) is 0 Å². The van der Waals surface area contributed by atoms with Crippen molar-refractivity contribution in [2.24, 2.45) is 0 Å². The van der Waals surface area contributed by atoms with Crippen molar-refractivity contribution in [2.75, 3.05) is 0 Å². The van der Waals surface area contributed by atoms with Gasteiger partial charge >= 0.3 is 0 Å². The van der Waals surface area contributed by atoms with Crippen LogP contribution in [0.4, 0.5) is 0 Å². The molecule has 0 saturated carbocycles. The first-order valence-corrected chi connectivity index (χ1v) is 10.9. The van der Waals surface area contributed by atoms with Crippen LogP contribution in [0.25, 0.3) is 0 Å². The van der Waals surface area contributed by atoms with E-state index >= 15 is 0 Å². The molecule has 154 valence electrons. The molecule has 0 bridgehead atoms. The molecular weight excluding hydrogens is 374 g/mol. The summed E-state index contributed by atoms with van der Waals surface area (Å²) in [4.78, 5) is 0. The minimum absolute atomic E-state index is 0.140. The predicted molar refractivity (Wildman–Crippen MR) is 131 cm³/mol. The number of hydrogen-bond acceptors (Lipinski definition) is 1. The molecule has 0 spiro atoms. The zero-order valence-corrected chi connectivity index (χ0v) is 17.8. The van der Waals surface area contributed by atoms with Crippen molar-refractivity contribution in [3.05, 3.63) is 156 Å². The lowest BCUT2D eigenvalue weighted by Gasteiger charge is -2.39. The minimum atomic E-state index is -0.473. The molecule has 0 aliphatic heterocycles. The number of rotatable bonds is 9. The first kappa shape index (κ1) is 20.8. The van der Waals surface area contributed by atoms with Crippen LogP contribution in [0.5, 0.6) is 0 Å². The van der Waals surface area contributed by atoms with Gasteiger partial charge in [-0.25, -0.2) is 0 Å². The standard InChI is InChI=1S/C30H29N/c1-2-29(24-23-25-15-7-3-8-16-25)31-30(26-17-9-4-10-18-26,27-19-11-5-12-20-27)28-21-13-6-14-22-28/h2-22,29,31H,1,23-24H2/t29-/m1/s1. The highest BCUT2D eigenvalue weighted by atomic mass is 15.0. The second-order valence-electron chi connectivity index (χ2n) is 7.86. The highest BCUT2D eigenvalue weighted by molar-refractivity contribution is 5.49. The lowest BCUT2D eigenvalue weighted by atomic mass is 9.76. The van der Waals surface area contributed by atoms with Gasteiger partial charge in [0.05, 0.1) is 5.54 Å². The Bertz CT molecular complexity index is 960. The van der Waals surface area contributed by atoms with E-state index in [9.17, 15) is 0 Å². The highest BCUT2D eigenvalue weighted by Crippen LogP contribution is 2.37. The van der Waals surface area contributed by atoms with Crippen molar-refractivity contribution in [1.82, 2.24) is 5.32 Å². The summed E-state index contributed by atoms with van der Waals surface area (Å²) in [5, 5.41) is 4.02. The summed E-state index contributed by atoms with van der Waals surface area (Å²) in [7, 11) is 0. The first-order chi connectivity index (χ1) is 15.3. The minimum Gasteiger partial charge on any atom is -0.294 e. The molecule has 0 aliphatic carbocycles. The molecule has 1 heteroatoms. The first-order valence-electron chi connectivity index (χ1n) is 10.9. The van der Waals surface area contributed by atoms with Gasteiger partial charge in [0, 0.05) is 6.04 Å². The van der Waals surface area contributed by atoms with Crippen LogP contribution in [0, 0.1) is 0 Å². The molecule has 0 heterocycles. The predicted octanol–water partition coefficient (Wildman–Crippen LogP) is 6.76. The number of benzene rings is 4. The molecule has 4 aromatic rings. The Morgan fingerprint density at radius 3 is 1.39 bits per heavy atom. The molecule has 31 heavy (non-hydrogen) atoms. The van der Waals surface area contributed by atoms with E-state index in [0.717, 1.165) is 12.8 Å². The van der Waals surface area contributed by atoms with E-state index < -0.39 is 5.54 Å². The molecule has 1 N–H and O–H groups in total. The summed E-state index contributed by atoms with van der Waals surface area (Å²) >= 11 is 0. The van der Waals surface area contributed by atoms with Gasteiger partial charge in [0.2, 0.25) is 0 Å². The molecule has 1 nitrogen and oxygen atoms in total. The molecule has 0 aliphatic rings. The van der Waals surface area contributed by atoms with Crippen LogP contribution >= 0.6 is 0 Å². The van der Waals surface area contributed by atoms with Gasteiger partial charge in [0.1, 0.15) is 0 Å². The largest absolute Gasteiger partial charge is 0.294 e. The van der Waals surface area contributed by atoms with Gasteiger partial charge in [-0.15, -0.1) is 6.58 Å². The Morgan fingerprint density at radius 2 is 1.00 bits per heavy atom. The van der Waals surface area contributed by atoms with E-state index in [-0.39, 0.29) is 6.04 Å². The van der Waals surface area contributed by atoms with Crippen LogP contribution in [-0.2, 0) is 12.0 Å². The highest BCUT2D eigenvalue weighted by Gasteiger charge is 2.37. The quantitative estimate of drug-likeness (QED) is 0.241. The Kier molecular flexibility index (Phi) is 6.76. The van der Waals surface area contributed by atoms with E-state index in [1.54, 1.807) is 0 Å². The fraction of sp³-hybridized carbons (Fsp3) is 0.133. The van der Waals surface area contributed by atoms with Gasteiger partial charge in [-0.3, -0.25) is 5.32 Å². The van der Waals surface area contributed by atoms with E-state index in [1.807, 2.05) is 6.08 Å². The molecule has 0 aromatic heterocycles. The molecule has 0 radical (unpaired) electrons. The van der Waals surface area contributed by atoms with Crippen molar-refractivity contribution in [3.8, 4) is 0 Å². The molecule has 0 amide bonds. The number of aryl methyl sites for hydroxylation is 1. The normalized spacial score (nSPS) is 12.3. The summed E-state index contributed by atoms with van der Waals surface area (Å²) in [6.45, 7) is 4.18. The molecule has 4 rings (SSSR count). The third-order valence-electron chi connectivity index (χ3n) is 5.89. The monoisotopic (exact) mass is 403 g/mol. The van der Waals surface area contributed by atoms with E-state index in [0.29, 0.717) is 0 Å².